The number of likely N-dealkylation sites (tertiary alicyclic amines) is 1. The van der Waals surface area contributed by atoms with E-state index in [1.807, 2.05) is 16.8 Å². The van der Waals surface area contributed by atoms with Gasteiger partial charge in [-0.05, 0) is 81.3 Å². The van der Waals surface area contributed by atoms with Gasteiger partial charge in [0.1, 0.15) is 11.6 Å². The van der Waals surface area contributed by atoms with Crippen molar-refractivity contribution in [2.75, 3.05) is 32.1 Å². The van der Waals surface area contributed by atoms with E-state index in [0.29, 0.717) is 24.4 Å². The van der Waals surface area contributed by atoms with Crippen LogP contribution in [-0.4, -0.2) is 52.3 Å². The summed E-state index contributed by atoms with van der Waals surface area (Å²) in [6.07, 6.45) is 8.52. The van der Waals surface area contributed by atoms with Crippen LogP contribution in [0.3, 0.4) is 0 Å². The molecule has 2 fully saturated rings. The zero-order valence-corrected chi connectivity index (χ0v) is 18.3. The van der Waals surface area contributed by atoms with Gasteiger partial charge in [0, 0.05) is 23.2 Å². The quantitative estimate of drug-likeness (QED) is 0.601. The molecule has 1 aliphatic heterocycles. The first-order valence-electron chi connectivity index (χ1n) is 11.3. The number of aromatic nitrogens is 3. The molecule has 0 radical (unpaired) electrons. The number of aromatic amines is 1. The Morgan fingerprint density at radius 2 is 2.06 bits per heavy atom. The van der Waals surface area contributed by atoms with Gasteiger partial charge in [-0.1, -0.05) is 0 Å². The van der Waals surface area contributed by atoms with Crippen LogP contribution in [0.2, 0.25) is 0 Å². The average molecular weight is 422 g/mol. The number of benzene rings is 1. The summed E-state index contributed by atoms with van der Waals surface area (Å²) in [6.45, 7) is 4.46. The van der Waals surface area contributed by atoms with E-state index in [2.05, 4.69) is 45.6 Å². The van der Waals surface area contributed by atoms with Gasteiger partial charge in [0.25, 0.3) is 0 Å². The number of carbonyl (C=O) groups is 1. The maximum atomic E-state index is 12.7. The zero-order valence-electron chi connectivity index (χ0n) is 18.3. The van der Waals surface area contributed by atoms with Crippen molar-refractivity contribution in [3.63, 3.8) is 0 Å². The van der Waals surface area contributed by atoms with Crippen molar-refractivity contribution in [1.82, 2.24) is 19.7 Å². The van der Waals surface area contributed by atoms with Crippen LogP contribution < -0.4 is 10.1 Å². The molecule has 1 amide bonds. The third-order valence-electron chi connectivity index (χ3n) is 6.94. The summed E-state index contributed by atoms with van der Waals surface area (Å²) in [7, 11) is 1.70. The number of carbonyl (C=O) groups excluding carboxylic acids is 1. The molecule has 1 saturated heterocycles. The molecule has 1 unspecified atom stereocenters. The Kier molecular flexibility index (Phi) is 5.44. The zero-order chi connectivity index (χ0) is 21.4. The standard InChI is InChI=1S/C24H31N5O2/c1-16(17-3-4-17)29-23(7-10-26-29)27-24(30)15-28-11-8-18(9-12-28)21-14-25-22-6-5-19(31-2)13-20(21)22/h5-7,10,13-14,16-18,25H,3-4,8-9,11-12,15H2,1-2H3,(H,27,30). The number of H-pyrrole nitrogens is 1. The highest BCUT2D eigenvalue weighted by molar-refractivity contribution is 5.91. The van der Waals surface area contributed by atoms with Crippen molar-refractivity contribution in [1.29, 1.82) is 0 Å². The fourth-order valence-electron chi connectivity index (χ4n) is 4.89. The fourth-order valence-corrected chi connectivity index (χ4v) is 4.89. The van der Waals surface area contributed by atoms with E-state index < -0.39 is 0 Å². The number of hydrogen-bond donors (Lipinski definition) is 2. The van der Waals surface area contributed by atoms with Crippen molar-refractivity contribution < 1.29 is 9.53 Å². The number of amides is 1. The molecule has 2 aromatic heterocycles. The Morgan fingerprint density at radius 1 is 1.26 bits per heavy atom. The van der Waals surface area contributed by atoms with E-state index in [-0.39, 0.29) is 5.91 Å². The second-order valence-electron chi connectivity index (χ2n) is 8.99. The molecule has 31 heavy (non-hydrogen) atoms. The molecule has 1 aliphatic carbocycles. The number of nitrogens with one attached hydrogen (secondary N) is 2. The molecule has 3 aromatic rings. The maximum absolute atomic E-state index is 12.7. The van der Waals surface area contributed by atoms with Gasteiger partial charge in [-0.2, -0.15) is 5.10 Å². The van der Waals surface area contributed by atoms with Crippen LogP contribution in [0.5, 0.6) is 5.75 Å². The van der Waals surface area contributed by atoms with Crippen LogP contribution in [0.25, 0.3) is 10.9 Å². The number of hydrogen-bond acceptors (Lipinski definition) is 4. The summed E-state index contributed by atoms with van der Waals surface area (Å²) in [5.74, 6) is 2.94. The Balaban J connectivity index is 1.17. The van der Waals surface area contributed by atoms with Crippen molar-refractivity contribution in [3.05, 3.63) is 42.2 Å². The molecule has 2 N–H and O–H groups in total. The van der Waals surface area contributed by atoms with Gasteiger partial charge in [-0.3, -0.25) is 9.69 Å². The number of piperidine rings is 1. The largest absolute Gasteiger partial charge is 0.497 e. The van der Waals surface area contributed by atoms with Gasteiger partial charge >= 0.3 is 0 Å². The normalized spacial score (nSPS) is 18.9. The molecule has 0 bridgehead atoms. The van der Waals surface area contributed by atoms with Crippen molar-refractivity contribution in [2.24, 2.45) is 5.92 Å². The maximum Gasteiger partial charge on any atom is 0.239 e. The monoisotopic (exact) mass is 421 g/mol. The number of fused-ring (bicyclic) bond motifs is 1. The lowest BCUT2D eigenvalue weighted by Crippen LogP contribution is -2.39. The van der Waals surface area contributed by atoms with E-state index in [1.54, 1.807) is 13.3 Å². The van der Waals surface area contributed by atoms with Gasteiger partial charge in [0.15, 0.2) is 0 Å². The average Bonchev–Trinajstić information content (AvgIpc) is 3.40. The molecule has 1 atom stereocenters. The number of ether oxygens (including phenoxy) is 1. The minimum absolute atomic E-state index is 0.0417. The Hall–Kier alpha value is -2.80. The molecule has 7 nitrogen and oxygen atoms in total. The molecule has 1 aromatic carbocycles. The van der Waals surface area contributed by atoms with Gasteiger partial charge in [-0.15, -0.1) is 0 Å². The van der Waals surface area contributed by atoms with Crippen molar-refractivity contribution in [2.45, 2.75) is 44.6 Å². The Morgan fingerprint density at radius 3 is 2.81 bits per heavy atom. The molecule has 2 aliphatic rings. The smallest absolute Gasteiger partial charge is 0.239 e. The predicted molar refractivity (Wildman–Crippen MR) is 122 cm³/mol. The first-order chi connectivity index (χ1) is 15.1. The minimum Gasteiger partial charge on any atom is -0.497 e. The molecular weight excluding hydrogens is 390 g/mol. The first-order valence-corrected chi connectivity index (χ1v) is 11.3. The van der Waals surface area contributed by atoms with E-state index in [1.165, 1.54) is 23.8 Å². The van der Waals surface area contributed by atoms with Crippen molar-refractivity contribution in [3.8, 4) is 5.75 Å². The van der Waals surface area contributed by atoms with Crippen LogP contribution in [-0.2, 0) is 4.79 Å². The molecule has 164 valence electrons. The van der Waals surface area contributed by atoms with E-state index in [0.717, 1.165) is 43.0 Å². The minimum atomic E-state index is 0.0417. The summed E-state index contributed by atoms with van der Waals surface area (Å²) in [4.78, 5) is 18.3. The number of nitrogens with zero attached hydrogens (tertiary/aromatic N) is 3. The highest BCUT2D eigenvalue weighted by Gasteiger charge is 2.31. The Bertz CT molecular complexity index is 1060. The van der Waals surface area contributed by atoms with Crippen LogP contribution in [0.4, 0.5) is 5.82 Å². The number of methoxy groups -OCH3 is 1. The summed E-state index contributed by atoms with van der Waals surface area (Å²) < 4.78 is 7.37. The summed E-state index contributed by atoms with van der Waals surface area (Å²) >= 11 is 0. The second kappa shape index (κ2) is 8.38. The Labute approximate surface area is 182 Å². The summed E-state index contributed by atoms with van der Waals surface area (Å²) in [6, 6.07) is 8.42. The summed E-state index contributed by atoms with van der Waals surface area (Å²) in [5.41, 5.74) is 2.51. The van der Waals surface area contributed by atoms with Crippen LogP contribution in [0, 0.1) is 5.92 Å². The lowest BCUT2D eigenvalue weighted by Gasteiger charge is -2.31. The second-order valence-corrected chi connectivity index (χ2v) is 8.99. The fraction of sp³-hybridized carbons (Fsp3) is 0.500. The van der Waals surface area contributed by atoms with Gasteiger partial charge < -0.3 is 15.0 Å². The number of rotatable bonds is 7. The van der Waals surface area contributed by atoms with E-state index >= 15 is 0 Å². The van der Waals surface area contributed by atoms with Crippen molar-refractivity contribution >= 4 is 22.6 Å². The first kappa shape index (κ1) is 20.1. The topological polar surface area (TPSA) is 75.2 Å². The van der Waals surface area contributed by atoms with Gasteiger partial charge in [0.05, 0.1) is 25.9 Å². The third kappa shape index (κ3) is 4.19. The lowest BCUT2D eigenvalue weighted by atomic mass is 9.89. The van der Waals surface area contributed by atoms with Crippen LogP contribution >= 0.6 is 0 Å². The highest BCUT2D eigenvalue weighted by Crippen LogP contribution is 2.40. The molecule has 0 spiro atoms. The summed E-state index contributed by atoms with van der Waals surface area (Å²) in [5, 5.41) is 8.75. The third-order valence-corrected chi connectivity index (χ3v) is 6.94. The molecular formula is C24H31N5O2. The molecule has 5 rings (SSSR count). The molecule has 3 heterocycles. The highest BCUT2D eigenvalue weighted by atomic mass is 16.5. The van der Waals surface area contributed by atoms with Gasteiger partial charge in [0.2, 0.25) is 5.91 Å². The molecule has 1 saturated carbocycles. The van der Waals surface area contributed by atoms with Crippen LogP contribution in [0.15, 0.2) is 36.7 Å². The van der Waals surface area contributed by atoms with E-state index in [9.17, 15) is 4.79 Å². The number of anilines is 1. The van der Waals surface area contributed by atoms with Crippen LogP contribution in [0.1, 0.15) is 50.1 Å². The molecule has 7 heteroatoms. The lowest BCUT2D eigenvalue weighted by molar-refractivity contribution is -0.117. The van der Waals surface area contributed by atoms with Gasteiger partial charge in [-0.25, -0.2) is 4.68 Å². The van der Waals surface area contributed by atoms with E-state index in [4.69, 9.17) is 4.74 Å². The SMILES string of the molecule is COc1ccc2[nH]cc(C3CCN(CC(=O)Nc4ccnn4C(C)C4CC4)CC3)c2c1. The predicted octanol–water partition coefficient (Wildman–Crippen LogP) is 4.16.